The van der Waals surface area contributed by atoms with E-state index in [0.29, 0.717) is 28.9 Å². The standard InChI is InChI=1S/C13H15ClO3/c1-8-4-11(14)10(6-13(15)16)12(5-8)17-7-9-2-3-9/h4-5,9H,2-3,6-7H2,1H3,(H,15,16). The molecule has 0 radical (unpaired) electrons. The van der Waals surface area contributed by atoms with Gasteiger partial charge in [0.2, 0.25) is 0 Å². The van der Waals surface area contributed by atoms with Crippen LogP contribution in [0.3, 0.4) is 0 Å². The Morgan fingerprint density at radius 3 is 2.82 bits per heavy atom. The second-order valence-electron chi connectivity index (χ2n) is 4.55. The summed E-state index contributed by atoms with van der Waals surface area (Å²) in [5.41, 5.74) is 1.56. The van der Waals surface area contributed by atoms with Gasteiger partial charge in [-0.25, -0.2) is 0 Å². The number of aryl methyl sites for hydroxylation is 1. The lowest BCUT2D eigenvalue weighted by Crippen LogP contribution is -2.07. The van der Waals surface area contributed by atoms with E-state index in [1.54, 1.807) is 6.07 Å². The van der Waals surface area contributed by atoms with Gasteiger partial charge in [-0.1, -0.05) is 11.6 Å². The first-order valence-corrected chi connectivity index (χ1v) is 6.07. The van der Waals surface area contributed by atoms with Crippen LogP contribution in [0.5, 0.6) is 5.75 Å². The molecule has 0 aliphatic heterocycles. The first-order valence-electron chi connectivity index (χ1n) is 5.70. The molecule has 1 aliphatic carbocycles. The van der Waals surface area contributed by atoms with Crippen LogP contribution in [0.25, 0.3) is 0 Å². The molecule has 0 aromatic heterocycles. The maximum absolute atomic E-state index is 10.8. The summed E-state index contributed by atoms with van der Waals surface area (Å²) in [6.07, 6.45) is 2.31. The van der Waals surface area contributed by atoms with Crippen LogP contribution in [-0.2, 0) is 11.2 Å². The average molecular weight is 255 g/mol. The molecule has 1 aromatic rings. The van der Waals surface area contributed by atoms with Crippen LogP contribution in [0.1, 0.15) is 24.0 Å². The summed E-state index contributed by atoms with van der Waals surface area (Å²) in [5.74, 6) is 0.350. The molecule has 1 fully saturated rings. The van der Waals surface area contributed by atoms with Crippen LogP contribution < -0.4 is 4.74 Å². The fraction of sp³-hybridized carbons (Fsp3) is 0.462. The van der Waals surface area contributed by atoms with Gasteiger partial charge in [0.05, 0.1) is 13.0 Å². The molecule has 0 spiro atoms. The second kappa shape index (κ2) is 4.96. The summed E-state index contributed by atoms with van der Waals surface area (Å²) < 4.78 is 5.68. The molecule has 2 rings (SSSR count). The average Bonchev–Trinajstić information content (AvgIpc) is 3.02. The zero-order valence-electron chi connectivity index (χ0n) is 9.70. The number of carboxylic acids is 1. The molecular weight excluding hydrogens is 240 g/mol. The highest BCUT2D eigenvalue weighted by atomic mass is 35.5. The maximum Gasteiger partial charge on any atom is 0.308 e. The minimum absolute atomic E-state index is 0.0981. The Morgan fingerprint density at radius 1 is 1.53 bits per heavy atom. The normalized spacial score (nSPS) is 14.7. The number of hydrogen-bond acceptors (Lipinski definition) is 2. The first kappa shape index (κ1) is 12.2. The molecule has 4 heteroatoms. The number of aliphatic carboxylic acids is 1. The number of carboxylic acid groups (broad SMARTS) is 1. The van der Waals surface area contributed by atoms with E-state index in [0.717, 1.165) is 5.56 Å². The third kappa shape index (κ3) is 3.37. The van der Waals surface area contributed by atoms with Gasteiger partial charge in [-0.3, -0.25) is 4.79 Å². The summed E-state index contributed by atoms with van der Waals surface area (Å²) in [6, 6.07) is 3.62. The molecule has 1 aromatic carbocycles. The summed E-state index contributed by atoms with van der Waals surface area (Å²) in [6.45, 7) is 2.58. The predicted octanol–water partition coefficient (Wildman–Crippen LogP) is 3.06. The SMILES string of the molecule is Cc1cc(Cl)c(CC(=O)O)c(OCC2CC2)c1. The van der Waals surface area contributed by atoms with Gasteiger partial charge in [-0.15, -0.1) is 0 Å². The van der Waals surface area contributed by atoms with Crippen LogP contribution in [0.4, 0.5) is 0 Å². The van der Waals surface area contributed by atoms with Crippen molar-refractivity contribution in [2.45, 2.75) is 26.2 Å². The van der Waals surface area contributed by atoms with E-state index in [-0.39, 0.29) is 6.42 Å². The number of carbonyl (C=O) groups is 1. The van der Waals surface area contributed by atoms with Gasteiger partial charge in [0, 0.05) is 10.6 Å². The van der Waals surface area contributed by atoms with E-state index in [9.17, 15) is 4.79 Å². The number of hydrogen-bond donors (Lipinski definition) is 1. The summed E-state index contributed by atoms with van der Waals surface area (Å²) in [5, 5.41) is 9.33. The lowest BCUT2D eigenvalue weighted by Gasteiger charge is -2.12. The van der Waals surface area contributed by atoms with Crippen molar-refractivity contribution in [1.29, 1.82) is 0 Å². The van der Waals surface area contributed by atoms with Gasteiger partial charge in [0.25, 0.3) is 0 Å². The van der Waals surface area contributed by atoms with Crippen LogP contribution in [0, 0.1) is 12.8 Å². The van der Waals surface area contributed by atoms with Crippen LogP contribution in [-0.4, -0.2) is 17.7 Å². The molecule has 1 N–H and O–H groups in total. The Hall–Kier alpha value is -1.22. The zero-order valence-corrected chi connectivity index (χ0v) is 10.5. The molecule has 0 saturated heterocycles. The number of halogens is 1. The molecular formula is C13H15ClO3. The zero-order chi connectivity index (χ0) is 12.4. The Labute approximate surface area is 105 Å². The monoisotopic (exact) mass is 254 g/mol. The molecule has 0 atom stereocenters. The van der Waals surface area contributed by atoms with Crippen molar-refractivity contribution in [3.63, 3.8) is 0 Å². The lowest BCUT2D eigenvalue weighted by atomic mass is 10.1. The Bertz CT molecular complexity index is 439. The van der Waals surface area contributed by atoms with Crippen molar-refractivity contribution >= 4 is 17.6 Å². The van der Waals surface area contributed by atoms with E-state index in [1.165, 1.54) is 12.8 Å². The number of benzene rings is 1. The topological polar surface area (TPSA) is 46.5 Å². The molecule has 0 heterocycles. The molecule has 0 unspecified atom stereocenters. The molecule has 1 saturated carbocycles. The maximum atomic E-state index is 10.8. The second-order valence-corrected chi connectivity index (χ2v) is 4.96. The molecule has 17 heavy (non-hydrogen) atoms. The smallest absolute Gasteiger partial charge is 0.308 e. The summed E-state index contributed by atoms with van der Waals surface area (Å²) in [7, 11) is 0. The minimum Gasteiger partial charge on any atom is -0.493 e. The molecule has 0 bridgehead atoms. The fourth-order valence-electron chi connectivity index (χ4n) is 1.68. The fourth-order valence-corrected chi connectivity index (χ4v) is 2.02. The third-order valence-corrected chi connectivity index (χ3v) is 3.14. The van der Waals surface area contributed by atoms with Crippen molar-refractivity contribution in [3.05, 3.63) is 28.3 Å². The lowest BCUT2D eigenvalue weighted by molar-refractivity contribution is -0.136. The highest BCUT2D eigenvalue weighted by Crippen LogP contribution is 2.33. The minimum atomic E-state index is -0.896. The highest BCUT2D eigenvalue weighted by Gasteiger charge is 2.23. The Morgan fingerprint density at radius 2 is 2.24 bits per heavy atom. The third-order valence-electron chi connectivity index (χ3n) is 2.80. The number of rotatable bonds is 5. The summed E-state index contributed by atoms with van der Waals surface area (Å²) >= 11 is 6.07. The van der Waals surface area contributed by atoms with Crippen LogP contribution in [0.2, 0.25) is 5.02 Å². The van der Waals surface area contributed by atoms with E-state index in [4.69, 9.17) is 21.4 Å². The van der Waals surface area contributed by atoms with Gasteiger partial charge in [-0.05, 0) is 43.4 Å². The van der Waals surface area contributed by atoms with Crippen molar-refractivity contribution in [2.75, 3.05) is 6.61 Å². The quantitative estimate of drug-likeness (QED) is 0.878. The van der Waals surface area contributed by atoms with Crippen molar-refractivity contribution in [2.24, 2.45) is 5.92 Å². The van der Waals surface area contributed by atoms with E-state index < -0.39 is 5.97 Å². The Kier molecular flexibility index (Phi) is 3.57. The largest absolute Gasteiger partial charge is 0.493 e. The Balaban J connectivity index is 2.21. The molecule has 3 nitrogen and oxygen atoms in total. The van der Waals surface area contributed by atoms with E-state index in [2.05, 4.69) is 0 Å². The summed E-state index contributed by atoms with van der Waals surface area (Å²) in [4.78, 5) is 10.8. The molecule has 1 aliphatic rings. The first-order chi connectivity index (χ1) is 8.06. The van der Waals surface area contributed by atoms with Crippen LogP contribution >= 0.6 is 11.6 Å². The molecule has 92 valence electrons. The van der Waals surface area contributed by atoms with Crippen LogP contribution in [0.15, 0.2) is 12.1 Å². The predicted molar refractivity (Wildman–Crippen MR) is 65.7 cm³/mol. The highest BCUT2D eigenvalue weighted by molar-refractivity contribution is 6.31. The van der Waals surface area contributed by atoms with Crippen molar-refractivity contribution in [3.8, 4) is 5.75 Å². The van der Waals surface area contributed by atoms with Crippen molar-refractivity contribution < 1.29 is 14.6 Å². The number of ether oxygens (including phenoxy) is 1. The van der Waals surface area contributed by atoms with Crippen molar-refractivity contribution in [1.82, 2.24) is 0 Å². The van der Waals surface area contributed by atoms with Gasteiger partial charge < -0.3 is 9.84 Å². The van der Waals surface area contributed by atoms with Gasteiger partial charge >= 0.3 is 5.97 Å². The van der Waals surface area contributed by atoms with E-state index >= 15 is 0 Å². The van der Waals surface area contributed by atoms with Gasteiger partial charge in [0.1, 0.15) is 5.75 Å². The molecule has 0 amide bonds. The van der Waals surface area contributed by atoms with Gasteiger partial charge in [0.15, 0.2) is 0 Å². The van der Waals surface area contributed by atoms with E-state index in [1.807, 2.05) is 13.0 Å². The van der Waals surface area contributed by atoms with Gasteiger partial charge in [-0.2, -0.15) is 0 Å².